The van der Waals surface area contributed by atoms with Gasteiger partial charge in [0.1, 0.15) is 0 Å². The molecule has 2 heteroatoms. The molecular weight excluding hydrogens is 186 g/mol. The van der Waals surface area contributed by atoms with Crippen molar-refractivity contribution in [2.24, 2.45) is 5.92 Å². The van der Waals surface area contributed by atoms with Crippen molar-refractivity contribution in [2.45, 2.75) is 45.6 Å². The van der Waals surface area contributed by atoms with Gasteiger partial charge in [0.25, 0.3) is 0 Å². The molecule has 0 spiro atoms. The third-order valence-corrected chi connectivity index (χ3v) is 3.07. The average molecular weight is 211 g/mol. The third-order valence-electron chi connectivity index (χ3n) is 3.07. The molecule has 0 bridgehead atoms. The molecule has 0 heterocycles. The molecule has 2 unspecified atom stereocenters. The second-order valence-electron chi connectivity index (χ2n) is 4.57. The zero-order valence-corrected chi connectivity index (χ0v) is 10.2. The highest BCUT2D eigenvalue weighted by Crippen LogP contribution is 2.23. The summed E-state index contributed by atoms with van der Waals surface area (Å²) >= 11 is 0. The molecule has 0 aromatic rings. The second kappa shape index (κ2) is 7.89. The Hall–Kier alpha value is -0.340. The maximum Gasteiger partial charge on any atom is 0.0647 e. The van der Waals surface area contributed by atoms with Crippen LogP contribution < -0.4 is 5.32 Å². The zero-order valence-electron chi connectivity index (χ0n) is 10.2. The van der Waals surface area contributed by atoms with Crippen LogP contribution in [0.3, 0.4) is 0 Å². The summed E-state index contributed by atoms with van der Waals surface area (Å²) in [6.07, 6.45) is 9.56. The first-order chi connectivity index (χ1) is 7.33. The van der Waals surface area contributed by atoms with Crippen molar-refractivity contribution >= 4 is 0 Å². The van der Waals surface area contributed by atoms with Gasteiger partial charge in [-0.25, -0.2) is 0 Å². The summed E-state index contributed by atoms with van der Waals surface area (Å²) in [5.74, 6) is 0.903. The molecule has 0 aromatic carbocycles. The quantitative estimate of drug-likeness (QED) is 0.539. The van der Waals surface area contributed by atoms with E-state index in [-0.39, 0.29) is 0 Å². The van der Waals surface area contributed by atoms with Crippen molar-refractivity contribution in [1.29, 1.82) is 0 Å². The molecule has 0 aromatic heterocycles. The average Bonchev–Trinajstić information content (AvgIpc) is 2.23. The van der Waals surface area contributed by atoms with E-state index in [1.807, 2.05) is 19.1 Å². The summed E-state index contributed by atoms with van der Waals surface area (Å²) in [6.45, 7) is 6.95. The third kappa shape index (κ3) is 5.95. The lowest BCUT2D eigenvalue weighted by atomic mass is 9.87. The lowest BCUT2D eigenvalue weighted by molar-refractivity contribution is 0.156. The second-order valence-corrected chi connectivity index (χ2v) is 4.57. The number of allylic oxidation sites excluding steroid dienone is 1. The Morgan fingerprint density at radius 2 is 2.27 bits per heavy atom. The van der Waals surface area contributed by atoms with E-state index in [2.05, 4.69) is 12.2 Å². The van der Waals surface area contributed by atoms with Gasteiger partial charge in [-0.1, -0.05) is 31.9 Å². The van der Waals surface area contributed by atoms with E-state index >= 15 is 0 Å². The highest BCUT2D eigenvalue weighted by atomic mass is 16.5. The van der Waals surface area contributed by atoms with E-state index in [1.165, 1.54) is 25.7 Å². The molecular formula is C13H25NO. The lowest BCUT2D eigenvalue weighted by Gasteiger charge is -2.27. The van der Waals surface area contributed by atoms with E-state index in [1.54, 1.807) is 0 Å². The van der Waals surface area contributed by atoms with Crippen molar-refractivity contribution in [3.05, 3.63) is 12.2 Å². The van der Waals surface area contributed by atoms with Crippen LogP contribution in [-0.4, -0.2) is 25.8 Å². The molecule has 1 rings (SSSR count). The molecule has 0 aliphatic heterocycles. The summed E-state index contributed by atoms with van der Waals surface area (Å²) in [4.78, 5) is 0. The smallest absolute Gasteiger partial charge is 0.0647 e. The molecule has 0 saturated heterocycles. The van der Waals surface area contributed by atoms with E-state index in [0.717, 1.165) is 31.7 Å². The fraction of sp³-hybridized carbons (Fsp3) is 0.846. The summed E-state index contributed by atoms with van der Waals surface area (Å²) in [7, 11) is 0. The largest absolute Gasteiger partial charge is 0.376 e. The Kier molecular flexibility index (Phi) is 6.69. The maximum atomic E-state index is 5.44. The van der Waals surface area contributed by atoms with Crippen LogP contribution in [0.25, 0.3) is 0 Å². The van der Waals surface area contributed by atoms with E-state index < -0.39 is 0 Å². The first-order valence-electron chi connectivity index (χ1n) is 6.25. The van der Waals surface area contributed by atoms with Gasteiger partial charge in [0.15, 0.2) is 0 Å². The van der Waals surface area contributed by atoms with E-state index in [4.69, 9.17) is 4.74 Å². The minimum absolute atomic E-state index is 0.735. The molecule has 2 nitrogen and oxygen atoms in total. The summed E-state index contributed by atoms with van der Waals surface area (Å²) in [6, 6.07) is 0.735. The van der Waals surface area contributed by atoms with Crippen LogP contribution in [0.5, 0.6) is 0 Å². The van der Waals surface area contributed by atoms with Crippen molar-refractivity contribution < 1.29 is 4.74 Å². The van der Waals surface area contributed by atoms with Gasteiger partial charge >= 0.3 is 0 Å². The van der Waals surface area contributed by atoms with Crippen molar-refractivity contribution in [3.63, 3.8) is 0 Å². The van der Waals surface area contributed by atoms with Crippen molar-refractivity contribution in [2.75, 3.05) is 19.8 Å². The number of hydrogen-bond acceptors (Lipinski definition) is 2. The highest BCUT2D eigenvalue weighted by Gasteiger charge is 2.17. The predicted octanol–water partition coefficient (Wildman–Crippen LogP) is 2.75. The number of nitrogens with one attached hydrogen (secondary N) is 1. The van der Waals surface area contributed by atoms with Gasteiger partial charge in [0.05, 0.1) is 13.2 Å². The molecule has 88 valence electrons. The number of rotatable bonds is 6. The minimum atomic E-state index is 0.735. The predicted molar refractivity (Wildman–Crippen MR) is 65.1 cm³/mol. The molecule has 1 N–H and O–H groups in total. The summed E-state index contributed by atoms with van der Waals surface area (Å²) in [5, 5.41) is 3.58. The zero-order chi connectivity index (χ0) is 10.9. The van der Waals surface area contributed by atoms with Gasteiger partial charge in [-0.3, -0.25) is 0 Å². The SMILES string of the molecule is CC=CCOCCNC1CCCC(C)C1. The maximum absolute atomic E-state index is 5.44. The Morgan fingerprint density at radius 3 is 3.00 bits per heavy atom. The molecule has 1 fully saturated rings. The first kappa shape index (κ1) is 12.7. The van der Waals surface area contributed by atoms with Crippen LogP contribution in [0, 0.1) is 5.92 Å². The lowest BCUT2D eigenvalue weighted by Crippen LogP contribution is -2.35. The molecule has 2 atom stereocenters. The minimum Gasteiger partial charge on any atom is -0.376 e. The topological polar surface area (TPSA) is 21.3 Å². The van der Waals surface area contributed by atoms with Crippen LogP contribution in [0.4, 0.5) is 0 Å². The Morgan fingerprint density at radius 1 is 1.40 bits per heavy atom. The number of hydrogen-bond donors (Lipinski definition) is 1. The van der Waals surface area contributed by atoms with Crippen LogP contribution >= 0.6 is 0 Å². The molecule has 0 radical (unpaired) electrons. The normalized spacial score (nSPS) is 27.3. The number of ether oxygens (including phenoxy) is 1. The summed E-state index contributed by atoms with van der Waals surface area (Å²) < 4.78 is 5.44. The fourth-order valence-electron chi connectivity index (χ4n) is 2.20. The summed E-state index contributed by atoms with van der Waals surface area (Å²) in [5.41, 5.74) is 0. The van der Waals surface area contributed by atoms with Crippen LogP contribution in [0.15, 0.2) is 12.2 Å². The van der Waals surface area contributed by atoms with Crippen LogP contribution in [0.1, 0.15) is 39.5 Å². The molecule has 1 aliphatic rings. The fourth-order valence-corrected chi connectivity index (χ4v) is 2.20. The van der Waals surface area contributed by atoms with Crippen molar-refractivity contribution in [1.82, 2.24) is 5.32 Å². The van der Waals surface area contributed by atoms with Crippen molar-refractivity contribution in [3.8, 4) is 0 Å². The highest BCUT2D eigenvalue weighted by molar-refractivity contribution is 4.77. The van der Waals surface area contributed by atoms with E-state index in [9.17, 15) is 0 Å². The van der Waals surface area contributed by atoms with E-state index in [0.29, 0.717) is 0 Å². The van der Waals surface area contributed by atoms with Gasteiger partial charge in [-0.2, -0.15) is 0 Å². The van der Waals surface area contributed by atoms with Crippen LogP contribution in [0.2, 0.25) is 0 Å². The standard InChI is InChI=1S/C13H25NO/c1-3-4-9-15-10-8-14-13-7-5-6-12(2)11-13/h3-4,12-14H,5-11H2,1-2H3. The first-order valence-corrected chi connectivity index (χ1v) is 6.25. The van der Waals surface area contributed by atoms with Gasteiger partial charge in [0.2, 0.25) is 0 Å². The Labute approximate surface area is 94.1 Å². The van der Waals surface area contributed by atoms with Gasteiger partial charge in [-0.05, 0) is 25.7 Å². The molecule has 1 aliphatic carbocycles. The monoisotopic (exact) mass is 211 g/mol. The molecule has 0 amide bonds. The molecule has 15 heavy (non-hydrogen) atoms. The molecule has 1 saturated carbocycles. The Balaban J connectivity index is 1.95. The van der Waals surface area contributed by atoms with Crippen LogP contribution in [-0.2, 0) is 4.74 Å². The van der Waals surface area contributed by atoms with Gasteiger partial charge in [-0.15, -0.1) is 0 Å². The Bertz CT molecular complexity index is 179. The van der Waals surface area contributed by atoms with Gasteiger partial charge in [0, 0.05) is 12.6 Å². The van der Waals surface area contributed by atoms with Gasteiger partial charge < -0.3 is 10.1 Å².